The largest absolute Gasteiger partial charge is 0.458 e. The van der Waals surface area contributed by atoms with E-state index in [-0.39, 0.29) is 11.7 Å². The Morgan fingerprint density at radius 1 is 1.33 bits per heavy atom. The molecular formula is C15H18FNO. The molecule has 0 saturated heterocycles. The van der Waals surface area contributed by atoms with Gasteiger partial charge in [-0.05, 0) is 31.9 Å². The summed E-state index contributed by atoms with van der Waals surface area (Å²) in [5, 5.41) is 4.40. The third-order valence-corrected chi connectivity index (χ3v) is 3.79. The van der Waals surface area contributed by atoms with Crippen molar-refractivity contribution in [3.63, 3.8) is 0 Å². The molecule has 1 fully saturated rings. The normalized spacial score (nSPS) is 19.1. The number of hydrogen-bond acceptors (Lipinski definition) is 2. The van der Waals surface area contributed by atoms with Gasteiger partial charge in [0.25, 0.3) is 0 Å². The SMILES string of the molecule is CC(NC1CC1)C(C)c1cc2cccc(F)c2o1. The third-order valence-electron chi connectivity index (χ3n) is 3.79. The minimum absolute atomic E-state index is 0.248. The molecule has 1 aromatic carbocycles. The zero-order valence-corrected chi connectivity index (χ0v) is 10.7. The molecule has 1 heterocycles. The van der Waals surface area contributed by atoms with Gasteiger partial charge in [0.05, 0.1) is 0 Å². The first-order valence-corrected chi connectivity index (χ1v) is 6.59. The van der Waals surface area contributed by atoms with Crippen LogP contribution in [-0.4, -0.2) is 12.1 Å². The van der Waals surface area contributed by atoms with Gasteiger partial charge in [-0.3, -0.25) is 0 Å². The molecule has 1 aliphatic rings. The molecule has 0 radical (unpaired) electrons. The molecule has 3 heteroatoms. The Labute approximate surface area is 106 Å². The molecule has 96 valence electrons. The number of benzene rings is 1. The molecule has 0 aliphatic heterocycles. The van der Waals surface area contributed by atoms with Crippen molar-refractivity contribution in [1.82, 2.24) is 5.32 Å². The van der Waals surface area contributed by atoms with Crippen LogP contribution in [0.3, 0.4) is 0 Å². The number of furan rings is 1. The Morgan fingerprint density at radius 2 is 2.11 bits per heavy atom. The molecule has 2 aromatic rings. The van der Waals surface area contributed by atoms with E-state index >= 15 is 0 Å². The zero-order chi connectivity index (χ0) is 12.7. The van der Waals surface area contributed by atoms with Gasteiger partial charge in [0.15, 0.2) is 11.4 Å². The summed E-state index contributed by atoms with van der Waals surface area (Å²) >= 11 is 0. The van der Waals surface area contributed by atoms with Crippen molar-refractivity contribution < 1.29 is 8.81 Å². The van der Waals surface area contributed by atoms with Gasteiger partial charge in [-0.1, -0.05) is 19.1 Å². The second-order valence-corrected chi connectivity index (χ2v) is 5.33. The van der Waals surface area contributed by atoms with Crippen molar-refractivity contribution in [2.75, 3.05) is 0 Å². The lowest BCUT2D eigenvalue weighted by molar-refractivity contribution is 0.410. The third kappa shape index (κ3) is 2.15. The van der Waals surface area contributed by atoms with Gasteiger partial charge >= 0.3 is 0 Å². The minimum Gasteiger partial charge on any atom is -0.458 e. The Morgan fingerprint density at radius 3 is 2.78 bits per heavy atom. The highest BCUT2D eigenvalue weighted by molar-refractivity contribution is 5.78. The molecule has 18 heavy (non-hydrogen) atoms. The summed E-state index contributed by atoms with van der Waals surface area (Å²) in [6.45, 7) is 4.28. The molecular weight excluding hydrogens is 229 g/mol. The molecule has 0 amide bonds. The maximum absolute atomic E-state index is 13.6. The first-order valence-electron chi connectivity index (χ1n) is 6.59. The van der Waals surface area contributed by atoms with Gasteiger partial charge in [0.1, 0.15) is 5.76 Å². The van der Waals surface area contributed by atoms with Gasteiger partial charge in [-0.25, -0.2) is 4.39 Å². The van der Waals surface area contributed by atoms with Crippen LogP contribution in [0.1, 0.15) is 38.4 Å². The first kappa shape index (κ1) is 11.7. The van der Waals surface area contributed by atoms with E-state index in [0.29, 0.717) is 17.7 Å². The fraction of sp³-hybridized carbons (Fsp3) is 0.467. The van der Waals surface area contributed by atoms with E-state index in [1.165, 1.54) is 18.9 Å². The highest BCUT2D eigenvalue weighted by Crippen LogP contribution is 2.30. The molecule has 3 rings (SSSR count). The summed E-state index contributed by atoms with van der Waals surface area (Å²) in [5.74, 6) is 0.821. The van der Waals surface area contributed by atoms with E-state index in [2.05, 4.69) is 19.2 Å². The van der Waals surface area contributed by atoms with Gasteiger partial charge in [0, 0.05) is 23.4 Å². The molecule has 0 spiro atoms. The van der Waals surface area contributed by atoms with Crippen LogP contribution in [0.2, 0.25) is 0 Å². The van der Waals surface area contributed by atoms with Crippen molar-refractivity contribution in [3.05, 3.63) is 35.8 Å². The standard InChI is InChI=1S/C15H18FNO/c1-9(10(2)17-12-6-7-12)14-8-11-4-3-5-13(16)15(11)18-14/h3-5,8-10,12,17H,6-7H2,1-2H3. The van der Waals surface area contributed by atoms with Crippen LogP contribution in [-0.2, 0) is 0 Å². The number of nitrogens with one attached hydrogen (secondary N) is 1. The van der Waals surface area contributed by atoms with Gasteiger partial charge < -0.3 is 9.73 Å². The summed E-state index contributed by atoms with van der Waals surface area (Å²) in [4.78, 5) is 0. The first-order chi connectivity index (χ1) is 8.65. The summed E-state index contributed by atoms with van der Waals surface area (Å²) in [6.07, 6.45) is 2.54. The maximum Gasteiger partial charge on any atom is 0.169 e. The molecule has 1 aromatic heterocycles. The van der Waals surface area contributed by atoms with Crippen molar-refractivity contribution in [2.24, 2.45) is 0 Å². The Kier molecular flexibility index (Phi) is 2.86. The summed E-state index contributed by atoms with van der Waals surface area (Å²) in [6, 6.07) is 8.01. The highest BCUT2D eigenvalue weighted by Gasteiger charge is 2.27. The van der Waals surface area contributed by atoms with Gasteiger partial charge in [-0.15, -0.1) is 0 Å². The fourth-order valence-corrected chi connectivity index (χ4v) is 2.28. The van der Waals surface area contributed by atoms with Crippen LogP contribution in [0.4, 0.5) is 4.39 Å². The van der Waals surface area contributed by atoms with Crippen LogP contribution < -0.4 is 5.32 Å². The summed E-state index contributed by atoms with van der Waals surface area (Å²) < 4.78 is 19.2. The van der Waals surface area contributed by atoms with E-state index in [1.54, 1.807) is 6.07 Å². The van der Waals surface area contributed by atoms with E-state index in [0.717, 1.165) is 11.1 Å². The van der Waals surface area contributed by atoms with Crippen LogP contribution in [0, 0.1) is 5.82 Å². The van der Waals surface area contributed by atoms with E-state index in [1.807, 2.05) is 12.1 Å². The Bertz CT molecular complexity index is 559. The van der Waals surface area contributed by atoms with Crippen LogP contribution in [0.5, 0.6) is 0 Å². The predicted molar refractivity (Wildman–Crippen MR) is 70.2 cm³/mol. The number of para-hydroxylation sites is 1. The average Bonchev–Trinajstić information content (AvgIpc) is 3.04. The molecule has 2 unspecified atom stereocenters. The quantitative estimate of drug-likeness (QED) is 0.888. The maximum atomic E-state index is 13.6. The molecule has 1 aliphatic carbocycles. The van der Waals surface area contributed by atoms with Crippen molar-refractivity contribution >= 4 is 11.0 Å². The minimum atomic E-state index is -0.284. The van der Waals surface area contributed by atoms with E-state index in [9.17, 15) is 4.39 Å². The lowest BCUT2D eigenvalue weighted by Crippen LogP contribution is -2.32. The van der Waals surface area contributed by atoms with Gasteiger partial charge in [-0.2, -0.15) is 0 Å². The summed E-state index contributed by atoms with van der Waals surface area (Å²) in [7, 11) is 0. The average molecular weight is 247 g/mol. The zero-order valence-electron chi connectivity index (χ0n) is 10.7. The van der Waals surface area contributed by atoms with E-state index < -0.39 is 0 Å². The monoisotopic (exact) mass is 247 g/mol. The van der Waals surface area contributed by atoms with Crippen LogP contribution in [0.15, 0.2) is 28.7 Å². The summed E-state index contributed by atoms with van der Waals surface area (Å²) in [5.41, 5.74) is 0.373. The lowest BCUT2D eigenvalue weighted by Gasteiger charge is -2.19. The van der Waals surface area contributed by atoms with Crippen molar-refractivity contribution in [1.29, 1.82) is 0 Å². The lowest BCUT2D eigenvalue weighted by atomic mass is 10.0. The predicted octanol–water partition coefficient (Wildman–Crippen LogP) is 3.82. The fourth-order valence-electron chi connectivity index (χ4n) is 2.28. The number of hydrogen-bond donors (Lipinski definition) is 1. The Hall–Kier alpha value is -1.35. The van der Waals surface area contributed by atoms with Crippen molar-refractivity contribution in [2.45, 2.75) is 44.7 Å². The topological polar surface area (TPSA) is 25.2 Å². The van der Waals surface area contributed by atoms with Gasteiger partial charge in [0.2, 0.25) is 0 Å². The second kappa shape index (κ2) is 4.39. The molecule has 1 N–H and O–H groups in total. The van der Waals surface area contributed by atoms with Crippen molar-refractivity contribution in [3.8, 4) is 0 Å². The van der Waals surface area contributed by atoms with Crippen LogP contribution >= 0.6 is 0 Å². The molecule has 2 atom stereocenters. The second-order valence-electron chi connectivity index (χ2n) is 5.33. The number of fused-ring (bicyclic) bond motifs is 1. The molecule has 0 bridgehead atoms. The number of rotatable bonds is 4. The van der Waals surface area contributed by atoms with Crippen LogP contribution in [0.25, 0.3) is 11.0 Å². The van der Waals surface area contributed by atoms with E-state index in [4.69, 9.17) is 4.42 Å². The molecule has 2 nitrogen and oxygen atoms in total. The molecule has 1 saturated carbocycles. The number of halogens is 1. The smallest absolute Gasteiger partial charge is 0.169 e. The highest BCUT2D eigenvalue weighted by atomic mass is 19.1. The Balaban J connectivity index is 1.86.